The number of hydrogen-bond acceptors (Lipinski definition) is 3. The van der Waals surface area contributed by atoms with Gasteiger partial charge in [0, 0.05) is 5.41 Å². The second kappa shape index (κ2) is 7.89. The van der Waals surface area contributed by atoms with Crippen LogP contribution in [-0.2, 0) is 0 Å². The number of unbranched alkanes of at least 4 members (excludes halogenated alkanes) is 1. The monoisotopic (exact) mass is 429 g/mol. The van der Waals surface area contributed by atoms with Crippen LogP contribution in [0.15, 0.2) is 16.3 Å². The Morgan fingerprint density at radius 3 is 2.39 bits per heavy atom. The molecule has 2 fully saturated rings. The van der Waals surface area contributed by atoms with E-state index in [9.17, 15) is 10.3 Å². The van der Waals surface area contributed by atoms with Gasteiger partial charge in [-0.1, -0.05) is 56.8 Å². The molecule has 0 radical (unpaired) electrons. The molecular weight excluding hydrogens is 382 g/mol. The lowest BCUT2D eigenvalue weighted by Gasteiger charge is -2.58. The highest BCUT2D eigenvalue weighted by molar-refractivity contribution is 5.90. The molecule has 0 heterocycles. The first kappa shape index (κ1) is 23.3. The van der Waals surface area contributed by atoms with Crippen molar-refractivity contribution in [3.63, 3.8) is 0 Å². The molecule has 0 bridgehead atoms. The van der Waals surface area contributed by atoms with Gasteiger partial charge in [0.1, 0.15) is 0 Å². The molecule has 0 aromatic rings. The van der Waals surface area contributed by atoms with Crippen molar-refractivity contribution >= 4 is 5.71 Å². The van der Waals surface area contributed by atoms with E-state index in [0.29, 0.717) is 11.3 Å². The van der Waals surface area contributed by atoms with E-state index in [4.69, 9.17) is 0 Å². The summed E-state index contributed by atoms with van der Waals surface area (Å²) in [5.41, 5.74) is 4.95. The molecule has 2 N–H and O–H groups in total. The average molecular weight is 430 g/mol. The summed E-state index contributed by atoms with van der Waals surface area (Å²) in [6, 6.07) is 0. The van der Waals surface area contributed by atoms with E-state index in [2.05, 4.69) is 32.9 Å². The van der Waals surface area contributed by atoms with Crippen LogP contribution < -0.4 is 0 Å². The quantitative estimate of drug-likeness (QED) is 0.206. The number of aliphatic hydroxyl groups is 1. The van der Waals surface area contributed by atoms with Crippen LogP contribution in [0, 0.1) is 34.0 Å². The van der Waals surface area contributed by atoms with Crippen LogP contribution in [0.4, 0.5) is 0 Å². The molecule has 5 unspecified atom stereocenters. The number of nitrogens with zero attached hydrogens (tertiary/aromatic N) is 1. The Morgan fingerprint density at radius 1 is 0.968 bits per heavy atom. The van der Waals surface area contributed by atoms with Gasteiger partial charge in [0.25, 0.3) is 0 Å². The second-order valence-corrected chi connectivity index (χ2v) is 13.2. The highest BCUT2D eigenvalue weighted by Crippen LogP contribution is 2.67. The van der Waals surface area contributed by atoms with Crippen molar-refractivity contribution in [2.45, 2.75) is 124 Å². The number of hydrogen-bond donors (Lipinski definition) is 2. The molecule has 0 spiro atoms. The van der Waals surface area contributed by atoms with E-state index >= 15 is 0 Å². The molecular formula is C28H47NO2. The zero-order valence-corrected chi connectivity index (χ0v) is 21.1. The lowest BCUT2D eigenvalue weighted by Crippen LogP contribution is -2.52. The van der Waals surface area contributed by atoms with Crippen molar-refractivity contribution in [2.75, 3.05) is 0 Å². The lowest BCUT2D eigenvalue weighted by atomic mass is 9.46. The van der Waals surface area contributed by atoms with Crippen LogP contribution in [-0.4, -0.2) is 21.6 Å². The van der Waals surface area contributed by atoms with E-state index in [-0.39, 0.29) is 10.8 Å². The Bertz CT molecular complexity index is 757. The Balaban J connectivity index is 1.53. The molecule has 0 aliphatic heterocycles. The average Bonchev–Trinajstić information content (AvgIpc) is 3.01. The van der Waals surface area contributed by atoms with Crippen LogP contribution in [0.3, 0.4) is 0 Å². The van der Waals surface area contributed by atoms with Gasteiger partial charge in [0.2, 0.25) is 0 Å². The second-order valence-electron chi connectivity index (χ2n) is 13.2. The van der Waals surface area contributed by atoms with Crippen LogP contribution >= 0.6 is 0 Å². The summed E-state index contributed by atoms with van der Waals surface area (Å²) in [4.78, 5) is 0. The molecule has 4 aliphatic rings. The minimum absolute atomic E-state index is 0.000273. The molecule has 0 aromatic heterocycles. The van der Waals surface area contributed by atoms with Crippen LogP contribution in [0.25, 0.3) is 0 Å². The fraction of sp³-hybridized carbons (Fsp3) is 0.893. The fourth-order valence-electron chi connectivity index (χ4n) is 8.82. The number of fused-ring (bicyclic) bond motifs is 4. The molecule has 31 heavy (non-hydrogen) atoms. The standard InChI is InChI=1S/C28H47NO2/c1-25(2,30)16-8-7-9-19-10-12-21-20-11-13-23-26(3,4)24(29-31)15-18-28(23,6)22(20)14-17-27(19,21)5/h19,21,23,30-31H,7-18H2,1-6H3/b29-24+. The lowest BCUT2D eigenvalue weighted by molar-refractivity contribution is 0.0507. The third-order valence-corrected chi connectivity index (χ3v) is 10.6. The number of rotatable bonds is 5. The highest BCUT2D eigenvalue weighted by atomic mass is 16.4. The molecule has 3 nitrogen and oxygen atoms in total. The van der Waals surface area contributed by atoms with Gasteiger partial charge in [0.05, 0.1) is 11.3 Å². The van der Waals surface area contributed by atoms with Gasteiger partial charge < -0.3 is 10.3 Å². The van der Waals surface area contributed by atoms with Gasteiger partial charge in [-0.2, -0.15) is 0 Å². The number of oxime groups is 1. The molecule has 2 saturated carbocycles. The minimum Gasteiger partial charge on any atom is -0.411 e. The van der Waals surface area contributed by atoms with E-state index in [1.165, 1.54) is 51.4 Å². The SMILES string of the molecule is CC(C)(O)CCCCC1CCC2C3=C(CCC12C)C1(C)CC/C(=N\O)C(C)(C)C1CC3. The van der Waals surface area contributed by atoms with Gasteiger partial charge in [-0.15, -0.1) is 0 Å². The third-order valence-electron chi connectivity index (χ3n) is 10.6. The predicted octanol–water partition coefficient (Wildman–Crippen LogP) is 7.51. The van der Waals surface area contributed by atoms with Crippen molar-refractivity contribution in [3.05, 3.63) is 11.1 Å². The Kier molecular flexibility index (Phi) is 5.94. The maximum Gasteiger partial charge on any atom is 0.0630 e. The van der Waals surface area contributed by atoms with E-state index in [0.717, 1.165) is 43.2 Å². The summed E-state index contributed by atoms with van der Waals surface area (Å²) < 4.78 is 0. The van der Waals surface area contributed by atoms with E-state index < -0.39 is 5.60 Å². The topological polar surface area (TPSA) is 52.8 Å². The van der Waals surface area contributed by atoms with Crippen LogP contribution in [0.2, 0.25) is 0 Å². The Hall–Kier alpha value is -0.830. The molecule has 176 valence electrons. The molecule has 0 aromatic carbocycles. The van der Waals surface area contributed by atoms with Gasteiger partial charge in [-0.25, -0.2) is 0 Å². The summed E-state index contributed by atoms with van der Waals surface area (Å²) in [7, 11) is 0. The molecule has 0 saturated heterocycles. The van der Waals surface area contributed by atoms with Crippen molar-refractivity contribution in [2.24, 2.45) is 39.2 Å². The smallest absolute Gasteiger partial charge is 0.0630 e. The normalized spacial score (nSPS) is 41.1. The predicted molar refractivity (Wildman–Crippen MR) is 128 cm³/mol. The summed E-state index contributed by atoms with van der Waals surface area (Å²) in [6.07, 6.45) is 14.7. The maximum atomic E-state index is 10.0. The van der Waals surface area contributed by atoms with Crippen molar-refractivity contribution < 1.29 is 10.3 Å². The van der Waals surface area contributed by atoms with E-state index in [1.807, 2.05) is 25.0 Å². The fourth-order valence-corrected chi connectivity index (χ4v) is 8.82. The summed E-state index contributed by atoms with van der Waals surface area (Å²) >= 11 is 0. The van der Waals surface area contributed by atoms with Gasteiger partial charge in [-0.05, 0) is 107 Å². The van der Waals surface area contributed by atoms with Crippen molar-refractivity contribution in [3.8, 4) is 0 Å². The van der Waals surface area contributed by atoms with E-state index in [1.54, 1.807) is 0 Å². The van der Waals surface area contributed by atoms with Gasteiger partial charge in [0.15, 0.2) is 0 Å². The Labute approximate surface area is 190 Å². The summed E-state index contributed by atoms with van der Waals surface area (Å²) in [5.74, 6) is 2.25. The summed E-state index contributed by atoms with van der Waals surface area (Å²) in [5, 5.41) is 23.4. The maximum absolute atomic E-state index is 10.0. The first-order valence-corrected chi connectivity index (χ1v) is 13.1. The van der Waals surface area contributed by atoms with Crippen LogP contribution in [0.5, 0.6) is 0 Å². The first-order valence-electron chi connectivity index (χ1n) is 13.1. The van der Waals surface area contributed by atoms with Crippen LogP contribution in [0.1, 0.15) is 119 Å². The van der Waals surface area contributed by atoms with Crippen molar-refractivity contribution in [1.82, 2.24) is 0 Å². The Morgan fingerprint density at radius 2 is 1.71 bits per heavy atom. The van der Waals surface area contributed by atoms with Gasteiger partial charge in [-0.3, -0.25) is 0 Å². The summed E-state index contributed by atoms with van der Waals surface area (Å²) in [6.45, 7) is 13.7. The van der Waals surface area contributed by atoms with Gasteiger partial charge >= 0.3 is 0 Å². The van der Waals surface area contributed by atoms with Crippen molar-refractivity contribution in [1.29, 1.82) is 0 Å². The zero-order valence-electron chi connectivity index (χ0n) is 21.1. The zero-order chi connectivity index (χ0) is 22.7. The number of allylic oxidation sites excluding steroid dienone is 2. The molecule has 4 rings (SSSR count). The molecule has 5 atom stereocenters. The molecule has 4 aliphatic carbocycles. The third kappa shape index (κ3) is 3.81. The minimum atomic E-state index is -0.519. The highest BCUT2D eigenvalue weighted by Gasteiger charge is 2.58. The molecule has 3 heteroatoms. The first-order chi connectivity index (χ1) is 14.4. The molecule has 0 amide bonds. The largest absolute Gasteiger partial charge is 0.411 e.